The van der Waals surface area contributed by atoms with Crippen LogP contribution in [0, 0.1) is 5.82 Å². The Kier molecular flexibility index (Phi) is 6.08. The van der Waals surface area contributed by atoms with Crippen LogP contribution in [0.5, 0.6) is 5.75 Å². The van der Waals surface area contributed by atoms with E-state index in [2.05, 4.69) is 17.4 Å². The lowest BCUT2D eigenvalue weighted by atomic mass is 9.80. The molecule has 1 fully saturated rings. The highest BCUT2D eigenvalue weighted by Crippen LogP contribution is 2.41. The second-order valence-electron chi connectivity index (χ2n) is 6.65. The molecule has 2 heterocycles. The van der Waals surface area contributed by atoms with Crippen LogP contribution < -0.4 is 10.1 Å². The summed E-state index contributed by atoms with van der Waals surface area (Å²) in [6.07, 6.45) is 2.86. The van der Waals surface area contributed by atoms with Crippen LogP contribution in [-0.2, 0) is 23.4 Å². The third-order valence-electron chi connectivity index (χ3n) is 5.17. The van der Waals surface area contributed by atoms with Gasteiger partial charge in [0.25, 0.3) is 0 Å². The van der Waals surface area contributed by atoms with Gasteiger partial charge in [0.1, 0.15) is 18.2 Å². The average Bonchev–Trinajstić information content (AvgIpc) is 2.62. The van der Waals surface area contributed by atoms with Crippen LogP contribution in [-0.4, -0.2) is 19.7 Å². The number of hydrogen-bond acceptors (Lipinski definition) is 3. The van der Waals surface area contributed by atoms with Gasteiger partial charge in [-0.2, -0.15) is 0 Å². The van der Waals surface area contributed by atoms with Gasteiger partial charge in [0.05, 0.1) is 17.2 Å². The van der Waals surface area contributed by atoms with Crippen molar-refractivity contribution in [3.63, 3.8) is 0 Å². The average molecular weight is 398 g/mol. The van der Waals surface area contributed by atoms with E-state index in [1.165, 1.54) is 17.2 Å². The molecule has 0 saturated carbocycles. The predicted molar refractivity (Wildman–Crippen MR) is 103 cm³/mol. The van der Waals surface area contributed by atoms with E-state index in [-0.39, 0.29) is 30.4 Å². The fourth-order valence-electron chi connectivity index (χ4n) is 3.82. The first kappa shape index (κ1) is 19.4. The molecule has 2 aromatic carbocycles. The van der Waals surface area contributed by atoms with E-state index >= 15 is 0 Å². The number of fused-ring (bicyclic) bond motifs is 2. The zero-order chi connectivity index (χ0) is 17.3. The van der Waals surface area contributed by atoms with E-state index in [9.17, 15) is 4.39 Å². The van der Waals surface area contributed by atoms with Crippen molar-refractivity contribution in [2.45, 2.75) is 31.5 Å². The van der Waals surface area contributed by atoms with Crippen molar-refractivity contribution >= 4 is 24.0 Å². The minimum Gasteiger partial charge on any atom is -0.489 e. The van der Waals surface area contributed by atoms with E-state index < -0.39 is 0 Å². The van der Waals surface area contributed by atoms with Gasteiger partial charge in [0.2, 0.25) is 0 Å². The first-order valence-corrected chi connectivity index (χ1v) is 9.09. The molecule has 140 valence electrons. The Balaban J connectivity index is 0.00000196. The van der Waals surface area contributed by atoms with E-state index in [0.717, 1.165) is 44.7 Å². The Morgan fingerprint density at radius 1 is 1.19 bits per heavy atom. The molecule has 0 radical (unpaired) electrons. The van der Waals surface area contributed by atoms with Crippen molar-refractivity contribution in [1.82, 2.24) is 5.32 Å². The zero-order valence-corrected chi connectivity index (χ0v) is 16.0. The summed E-state index contributed by atoms with van der Waals surface area (Å²) in [7, 11) is 0. The summed E-state index contributed by atoms with van der Waals surface area (Å²) in [5, 5.41) is 3.78. The maximum Gasteiger partial charge on any atom is 0.131 e. The highest BCUT2D eigenvalue weighted by Gasteiger charge is 2.38. The van der Waals surface area contributed by atoms with Crippen LogP contribution in [0.4, 0.5) is 4.39 Å². The molecule has 0 unspecified atom stereocenters. The van der Waals surface area contributed by atoms with E-state index in [0.29, 0.717) is 10.6 Å². The van der Waals surface area contributed by atoms with Crippen molar-refractivity contribution in [2.75, 3.05) is 19.7 Å². The number of nitrogens with one attached hydrogen (secondary N) is 1. The minimum atomic E-state index is -0.340. The molecule has 0 aromatic heterocycles. The lowest BCUT2D eigenvalue weighted by Crippen LogP contribution is -2.44. The van der Waals surface area contributed by atoms with Crippen molar-refractivity contribution in [3.05, 3.63) is 63.9 Å². The molecule has 1 saturated heterocycles. The molecule has 1 spiro atoms. The summed E-state index contributed by atoms with van der Waals surface area (Å²) < 4.78 is 25.9. The Bertz CT molecular complexity index is 758. The first-order valence-electron chi connectivity index (χ1n) is 8.72. The maximum absolute atomic E-state index is 13.9. The Morgan fingerprint density at radius 2 is 2.00 bits per heavy atom. The Hall–Kier alpha value is -1.33. The fourth-order valence-corrected chi connectivity index (χ4v) is 4.03. The van der Waals surface area contributed by atoms with Crippen LogP contribution in [0.25, 0.3) is 0 Å². The van der Waals surface area contributed by atoms with Crippen molar-refractivity contribution in [3.8, 4) is 5.75 Å². The van der Waals surface area contributed by atoms with E-state index in [1.807, 2.05) is 6.07 Å². The molecule has 6 heteroatoms. The summed E-state index contributed by atoms with van der Waals surface area (Å²) in [6, 6.07) is 10.8. The number of rotatable bonds is 3. The molecular formula is C20H22Cl2FNO2. The molecule has 3 nitrogen and oxygen atoms in total. The van der Waals surface area contributed by atoms with Crippen molar-refractivity contribution in [2.24, 2.45) is 0 Å². The predicted octanol–water partition coefficient (Wildman–Crippen LogP) is 4.63. The van der Waals surface area contributed by atoms with Crippen LogP contribution >= 0.6 is 24.0 Å². The second-order valence-corrected chi connectivity index (χ2v) is 7.06. The second kappa shape index (κ2) is 8.13. The number of halogens is 3. The molecule has 0 amide bonds. The van der Waals surface area contributed by atoms with E-state index in [1.54, 1.807) is 12.1 Å². The quantitative estimate of drug-likeness (QED) is 0.818. The van der Waals surface area contributed by atoms with Crippen molar-refractivity contribution < 1.29 is 13.9 Å². The van der Waals surface area contributed by atoms with Gasteiger partial charge in [0.15, 0.2) is 0 Å². The van der Waals surface area contributed by atoms with Gasteiger partial charge < -0.3 is 14.8 Å². The number of benzene rings is 2. The number of piperidine rings is 1. The minimum absolute atomic E-state index is 0. The number of ether oxygens (including phenoxy) is 2. The standard InChI is InChI=1S/C20H21ClFNO2.ClH/c21-18-2-1-3-19(22)16(18)13-24-15-4-5-17-14(12-15)6-11-25-20(17)7-9-23-10-8-20;/h1-5,12,23H,6-11,13H2;1H. The van der Waals surface area contributed by atoms with Gasteiger partial charge in [-0.3, -0.25) is 0 Å². The molecule has 0 aliphatic carbocycles. The molecule has 2 aromatic rings. The van der Waals surface area contributed by atoms with Crippen LogP contribution in [0.2, 0.25) is 5.02 Å². The summed E-state index contributed by atoms with van der Waals surface area (Å²) in [4.78, 5) is 0. The lowest BCUT2D eigenvalue weighted by molar-refractivity contribution is -0.0802. The summed E-state index contributed by atoms with van der Waals surface area (Å²) in [5.41, 5.74) is 2.77. The molecule has 0 bridgehead atoms. The third kappa shape index (κ3) is 3.70. The zero-order valence-electron chi connectivity index (χ0n) is 14.4. The SMILES string of the molecule is Cl.Fc1cccc(Cl)c1COc1ccc2c(c1)CCOC21CCNCC1. The monoisotopic (exact) mass is 397 g/mol. The summed E-state index contributed by atoms with van der Waals surface area (Å²) in [5.74, 6) is 0.400. The topological polar surface area (TPSA) is 30.5 Å². The molecule has 2 aliphatic heterocycles. The summed E-state index contributed by atoms with van der Waals surface area (Å²) in [6.45, 7) is 2.80. The first-order chi connectivity index (χ1) is 12.2. The van der Waals surface area contributed by atoms with Gasteiger partial charge in [-0.05, 0) is 67.7 Å². The third-order valence-corrected chi connectivity index (χ3v) is 5.53. The van der Waals surface area contributed by atoms with Gasteiger partial charge in [0, 0.05) is 5.56 Å². The van der Waals surface area contributed by atoms with Crippen molar-refractivity contribution in [1.29, 1.82) is 0 Å². The molecule has 2 aliphatic rings. The number of hydrogen-bond donors (Lipinski definition) is 1. The normalized spacial score (nSPS) is 18.1. The smallest absolute Gasteiger partial charge is 0.131 e. The highest BCUT2D eigenvalue weighted by molar-refractivity contribution is 6.31. The highest BCUT2D eigenvalue weighted by atomic mass is 35.5. The largest absolute Gasteiger partial charge is 0.489 e. The summed E-state index contributed by atoms with van der Waals surface area (Å²) >= 11 is 6.07. The van der Waals surface area contributed by atoms with Gasteiger partial charge >= 0.3 is 0 Å². The van der Waals surface area contributed by atoms with Crippen LogP contribution in [0.15, 0.2) is 36.4 Å². The van der Waals surface area contributed by atoms with Gasteiger partial charge in [-0.15, -0.1) is 12.4 Å². The maximum atomic E-state index is 13.9. The van der Waals surface area contributed by atoms with E-state index in [4.69, 9.17) is 21.1 Å². The molecule has 26 heavy (non-hydrogen) atoms. The molecule has 0 atom stereocenters. The van der Waals surface area contributed by atoms with Crippen LogP contribution in [0.1, 0.15) is 29.5 Å². The Morgan fingerprint density at radius 3 is 2.77 bits per heavy atom. The molecular weight excluding hydrogens is 376 g/mol. The fraction of sp³-hybridized carbons (Fsp3) is 0.400. The lowest BCUT2D eigenvalue weighted by Gasteiger charge is -2.42. The molecule has 4 rings (SSSR count). The van der Waals surface area contributed by atoms with Crippen LogP contribution in [0.3, 0.4) is 0 Å². The van der Waals surface area contributed by atoms with Gasteiger partial charge in [-0.25, -0.2) is 4.39 Å². The molecule has 1 N–H and O–H groups in total. The van der Waals surface area contributed by atoms with Gasteiger partial charge in [-0.1, -0.05) is 23.7 Å². The Labute approximate surface area is 164 Å².